The number of hydrogen-bond acceptors (Lipinski definition) is 4. The van der Waals surface area contributed by atoms with E-state index < -0.39 is 0 Å². The fourth-order valence-corrected chi connectivity index (χ4v) is 8.05. The predicted molar refractivity (Wildman–Crippen MR) is 235 cm³/mol. The van der Waals surface area contributed by atoms with Gasteiger partial charge in [0.1, 0.15) is 11.2 Å². The molecule has 3 heterocycles. The summed E-state index contributed by atoms with van der Waals surface area (Å²) < 4.78 is 6.72. The molecule has 8 aromatic carbocycles. The van der Waals surface area contributed by atoms with Gasteiger partial charge in [-0.2, -0.15) is 0 Å². The third-order valence-corrected chi connectivity index (χ3v) is 10.9. The molecule has 0 aliphatic carbocycles. The highest BCUT2D eigenvalue weighted by atomic mass is 16.3. The van der Waals surface area contributed by atoms with E-state index in [9.17, 15) is 0 Å². The molecule has 0 N–H and O–H groups in total. The molecule has 4 nitrogen and oxygen atoms in total. The number of benzene rings is 8. The Hall–Kier alpha value is -7.69. The van der Waals surface area contributed by atoms with Crippen LogP contribution in [0, 0.1) is 0 Å². The molecule has 3 aromatic heterocycles. The summed E-state index contributed by atoms with van der Waals surface area (Å²) in [7, 11) is 0. The van der Waals surface area contributed by atoms with Gasteiger partial charge in [0.05, 0.1) is 22.6 Å². The predicted octanol–water partition coefficient (Wildman–Crippen LogP) is 14.1. The average molecular weight is 728 g/mol. The number of pyridine rings is 1. The lowest BCUT2D eigenvalue weighted by atomic mass is 9.97. The highest BCUT2D eigenvalue weighted by Crippen LogP contribution is 2.42. The zero-order valence-electron chi connectivity index (χ0n) is 30.8. The first-order valence-electron chi connectivity index (χ1n) is 19.2. The highest BCUT2D eigenvalue weighted by molar-refractivity contribution is 6.24. The molecular formula is C53H33N3O. The summed E-state index contributed by atoms with van der Waals surface area (Å²) in [5, 5.41) is 5.42. The zero-order valence-corrected chi connectivity index (χ0v) is 30.8. The lowest BCUT2D eigenvalue weighted by Gasteiger charge is -2.11. The van der Waals surface area contributed by atoms with Gasteiger partial charge in [0.2, 0.25) is 0 Å². The third-order valence-electron chi connectivity index (χ3n) is 10.9. The molecule has 0 fully saturated rings. The number of furan rings is 1. The summed E-state index contributed by atoms with van der Waals surface area (Å²) in [6.07, 6.45) is 0. The van der Waals surface area contributed by atoms with Crippen LogP contribution in [0.4, 0.5) is 0 Å². The van der Waals surface area contributed by atoms with Crippen molar-refractivity contribution in [3.8, 4) is 67.4 Å². The van der Waals surface area contributed by atoms with Gasteiger partial charge in [-0.3, -0.25) is 0 Å². The van der Waals surface area contributed by atoms with E-state index in [1.54, 1.807) is 0 Å². The molecule has 0 unspecified atom stereocenters. The molecule has 0 saturated heterocycles. The van der Waals surface area contributed by atoms with Crippen LogP contribution in [0.2, 0.25) is 0 Å². The van der Waals surface area contributed by atoms with Gasteiger partial charge in [-0.15, -0.1) is 0 Å². The Balaban J connectivity index is 0.997. The molecule has 11 aromatic rings. The van der Waals surface area contributed by atoms with Gasteiger partial charge in [-0.05, 0) is 58.7 Å². The Bertz CT molecular complexity index is 3260. The molecule has 11 rings (SSSR count). The van der Waals surface area contributed by atoms with Crippen molar-refractivity contribution in [1.82, 2.24) is 15.0 Å². The molecule has 0 amide bonds. The highest BCUT2D eigenvalue weighted by Gasteiger charge is 2.18. The van der Waals surface area contributed by atoms with E-state index in [1.807, 2.05) is 36.4 Å². The second-order valence-corrected chi connectivity index (χ2v) is 14.4. The van der Waals surface area contributed by atoms with Crippen LogP contribution in [-0.4, -0.2) is 15.0 Å². The van der Waals surface area contributed by atoms with Gasteiger partial charge in [-0.1, -0.05) is 164 Å². The first-order valence-corrected chi connectivity index (χ1v) is 19.2. The molecule has 57 heavy (non-hydrogen) atoms. The van der Waals surface area contributed by atoms with Crippen molar-refractivity contribution in [3.05, 3.63) is 200 Å². The lowest BCUT2D eigenvalue weighted by Crippen LogP contribution is -1.96. The quantitative estimate of drug-likeness (QED) is 0.160. The molecule has 0 aliphatic heterocycles. The van der Waals surface area contributed by atoms with Crippen molar-refractivity contribution < 1.29 is 4.42 Å². The van der Waals surface area contributed by atoms with E-state index in [2.05, 4.69) is 164 Å². The van der Waals surface area contributed by atoms with E-state index in [-0.39, 0.29) is 0 Å². The largest absolute Gasteiger partial charge is 0.455 e. The van der Waals surface area contributed by atoms with Gasteiger partial charge in [0, 0.05) is 49.2 Å². The van der Waals surface area contributed by atoms with Crippen LogP contribution in [0.15, 0.2) is 205 Å². The van der Waals surface area contributed by atoms with Crippen LogP contribution in [0.3, 0.4) is 0 Å². The summed E-state index contributed by atoms with van der Waals surface area (Å²) in [5.41, 5.74) is 14.1. The van der Waals surface area contributed by atoms with Crippen molar-refractivity contribution in [1.29, 1.82) is 0 Å². The summed E-state index contributed by atoms with van der Waals surface area (Å²) in [6.45, 7) is 0. The van der Waals surface area contributed by atoms with Crippen molar-refractivity contribution >= 4 is 43.6 Å². The molecular weight excluding hydrogens is 695 g/mol. The molecule has 0 aliphatic rings. The van der Waals surface area contributed by atoms with Crippen LogP contribution in [0.5, 0.6) is 0 Å². The van der Waals surface area contributed by atoms with E-state index in [0.717, 1.165) is 99.6 Å². The maximum Gasteiger partial charge on any atom is 0.160 e. The minimum Gasteiger partial charge on any atom is -0.455 e. The Morgan fingerprint density at radius 1 is 0.316 bits per heavy atom. The third kappa shape index (κ3) is 5.83. The summed E-state index contributed by atoms with van der Waals surface area (Å²) in [6, 6.07) is 69.6. The van der Waals surface area contributed by atoms with Gasteiger partial charge >= 0.3 is 0 Å². The normalized spacial score (nSPS) is 11.5. The van der Waals surface area contributed by atoms with Crippen molar-refractivity contribution in [2.75, 3.05) is 0 Å². The number of rotatable bonds is 6. The molecule has 0 radical (unpaired) electrons. The molecule has 0 spiro atoms. The summed E-state index contributed by atoms with van der Waals surface area (Å²) in [4.78, 5) is 15.3. The van der Waals surface area contributed by atoms with Crippen LogP contribution < -0.4 is 0 Å². The number of hydrogen-bond donors (Lipinski definition) is 0. The first kappa shape index (κ1) is 32.7. The Labute approximate surface area is 329 Å². The number of nitrogens with zero attached hydrogens (tertiary/aromatic N) is 3. The minimum atomic E-state index is 0.696. The van der Waals surface area contributed by atoms with Gasteiger partial charge in [0.25, 0.3) is 0 Å². The SMILES string of the molecule is c1ccc(-c2cccc(-c3cc(-c4ccc(-c5ccc6oc7c(ccc8c(-c9ccccc9)nc9ccccc9c87)c6c5)cc4)nc(-c4ccccc4)n3)c2)cc1. The first-order chi connectivity index (χ1) is 28.2. The fourth-order valence-electron chi connectivity index (χ4n) is 8.05. The maximum atomic E-state index is 6.72. The van der Waals surface area contributed by atoms with Crippen LogP contribution in [-0.2, 0) is 0 Å². The lowest BCUT2D eigenvalue weighted by molar-refractivity contribution is 0.673. The average Bonchev–Trinajstić information content (AvgIpc) is 3.68. The minimum absolute atomic E-state index is 0.696. The molecule has 0 bridgehead atoms. The fraction of sp³-hybridized carbons (Fsp3) is 0. The number of aromatic nitrogens is 3. The monoisotopic (exact) mass is 727 g/mol. The van der Waals surface area contributed by atoms with Crippen molar-refractivity contribution in [3.63, 3.8) is 0 Å². The van der Waals surface area contributed by atoms with Crippen LogP contribution >= 0.6 is 0 Å². The van der Waals surface area contributed by atoms with Crippen LogP contribution in [0.1, 0.15) is 0 Å². The topological polar surface area (TPSA) is 51.8 Å². The van der Waals surface area contributed by atoms with E-state index >= 15 is 0 Å². The Morgan fingerprint density at radius 2 is 0.877 bits per heavy atom. The standard InChI is InChI=1S/C53H33N3O/c1-4-13-34(14-5-1)39-19-12-20-41(31-39)48-33-47(55-53(56-48)38-17-8-3-9-18-38)36-25-23-35(24-26-36)40-27-30-49-45(32-40)42-28-29-44-50(52(42)57-49)43-21-10-11-22-46(43)54-51(44)37-15-6-2-7-16-37/h1-33H. The number of para-hydroxylation sites is 1. The summed E-state index contributed by atoms with van der Waals surface area (Å²) >= 11 is 0. The second-order valence-electron chi connectivity index (χ2n) is 14.4. The molecule has 4 heteroatoms. The smallest absolute Gasteiger partial charge is 0.160 e. The van der Waals surface area contributed by atoms with E-state index in [4.69, 9.17) is 19.4 Å². The summed E-state index contributed by atoms with van der Waals surface area (Å²) in [5.74, 6) is 0.696. The Kier molecular flexibility index (Phi) is 7.78. The van der Waals surface area contributed by atoms with Crippen molar-refractivity contribution in [2.45, 2.75) is 0 Å². The molecule has 266 valence electrons. The van der Waals surface area contributed by atoms with E-state index in [0.29, 0.717) is 5.82 Å². The molecule has 0 saturated carbocycles. The zero-order chi connectivity index (χ0) is 37.7. The molecule has 0 atom stereocenters. The van der Waals surface area contributed by atoms with Gasteiger partial charge < -0.3 is 4.42 Å². The second kappa shape index (κ2) is 13.6. The number of fused-ring (bicyclic) bond motifs is 7. The Morgan fingerprint density at radius 3 is 1.65 bits per heavy atom. The van der Waals surface area contributed by atoms with Crippen molar-refractivity contribution in [2.24, 2.45) is 0 Å². The van der Waals surface area contributed by atoms with E-state index in [1.165, 1.54) is 5.56 Å². The van der Waals surface area contributed by atoms with Crippen LogP contribution in [0.25, 0.3) is 111 Å². The maximum absolute atomic E-state index is 6.72. The van der Waals surface area contributed by atoms with Gasteiger partial charge in [0.15, 0.2) is 5.82 Å². The van der Waals surface area contributed by atoms with Gasteiger partial charge in [-0.25, -0.2) is 15.0 Å².